The molecule has 0 aliphatic heterocycles. The van der Waals surface area contributed by atoms with Crippen molar-refractivity contribution >= 4 is 12.0 Å². The van der Waals surface area contributed by atoms with Gasteiger partial charge >= 0.3 is 6.09 Å². The largest absolute Gasteiger partial charge is 0.465 e. The molecule has 0 aliphatic rings. The zero-order valence-corrected chi connectivity index (χ0v) is 12.1. The maximum absolute atomic E-state index is 11.9. The van der Waals surface area contributed by atoms with Crippen molar-refractivity contribution in [1.82, 2.24) is 20.4 Å². The highest BCUT2D eigenvalue weighted by Crippen LogP contribution is 2.13. The van der Waals surface area contributed by atoms with Crippen molar-refractivity contribution in [2.75, 3.05) is 6.54 Å². The summed E-state index contributed by atoms with van der Waals surface area (Å²) in [5, 5.41) is 18.1. The maximum Gasteiger partial charge on any atom is 0.405 e. The van der Waals surface area contributed by atoms with Crippen LogP contribution in [-0.2, 0) is 7.05 Å². The van der Waals surface area contributed by atoms with Gasteiger partial charge in [-0.3, -0.25) is 9.48 Å². The molecular weight excluding hydrogens is 260 g/mol. The smallest absolute Gasteiger partial charge is 0.405 e. The summed E-state index contributed by atoms with van der Waals surface area (Å²) in [5.41, 5.74) is -0.208. The number of nitrogens with zero attached hydrogens (tertiary/aromatic N) is 2. The molecule has 1 aromatic rings. The average Bonchev–Trinajstić information content (AvgIpc) is 2.80. The maximum atomic E-state index is 11.9. The SMILES string of the molecule is CCCCC(C)(CNC(=O)c1cnn(C)c1)NC(=O)O. The van der Waals surface area contributed by atoms with Gasteiger partial charge in [0.15, 0.2) is 0 Å². The van der Waals surface area contributed by atoms with Crippen LogP contribution < -0.4 is 10.6 Å². The van der Waals surface area contributed by atoms with Gasteiger partial charge in [0, 0.05) is 19.8 Å². The Balaban J connectivity index is 2.61. The Morgan fingerprint density at radius 3 is 2.70 bits per heavy atom. The first-order valence-corrected chi connectivity index (χ1v) is 6.64. The minimum atomic E-state index is -1.08. The van der Waals surface area contributed by atoms with E-state index >= 15 is 0 Å². The normalized spacial score (nSPS) is 13.6. The van der Waals surface area contributed by atoms with Crippen molar-refractivity contribution in [3.05, 3.63) is 18.0 Å². The van der Waals surface area contributed by atoms with Crippen LogP contribution in [0.5, 0.6) is 0 Å². The molecule has 1 atom stereocenters. The molecule has 0 aliphatic carbocycles. The summed E-state index contributed by atoms with van der Waals surface area (Å²) in [7, 11) is 1.73. The predicted octanol–water partition coefficient (Wildman–Crippen LogP) is 1.37. The highest BCUT2D eigenvalue weighted by molar-refractivity contribution is 5.93. The fraction of sp³-hybridized carbons (Fsp3) is 0.615. The summed E-state index contributed by atoms with van der Waals surface area (Å²) in [6.07, 6.45) is 4.53. The molecule has 1 unspecified atom stereocenters. The third kappa shape index (κ3) is 4.91. The molecule has 112 valence electrons. The van der Waals surface area contributed by atoms with E-state index in [2.05, 4.69) is 15.7 Å². The molecule has 2 amide bonds. The van der Waals surface area contributed by atoms with Crippen molar-refractivity contribution in [2.45, 2.75) is 38.6 Å². The number of rotatable bonds is 7. The molecule has 7 nitrogen and oxygen atoms in total. The minimum absolute atomic E-state index is 0.243. The van der Waals surface area contributed by atoms with Crippen molar-refractivity contribution in [2.24, 2.45) is 7.05 Å². The van der Waals surface area contributed by atoms with E-state index < -0.39 is 11.6 Å². The van der Waals surface area contributed by atoms with E-state index in [1.807, 2.05) is 6.92 Å². The Kier molecular flexibility index (Phi) is 5.54. The first-order valence-electron chi connectivity index (χ1n) is 6.64. The van der Waals surface area contributed by atoms with Gasteiger partial charge in [-0.15, -0.1) is 0 Å². The summed E-state index contributed by atoms with van der Waals surface area (Å²) < 4.78 is 1.54. The van der Waals surface area contributed by atoms with Gasteiger partial charge in [0.2, 0.25) is 0 Å². The Hall–Kier alpha value is -2.05. The number of aromatic nitrogens is 2. The van der Waals surface area contributed by atoms with Crippen LogP contribution in [0.15, 0.2) is 12.4 Å². The average molecular weight is 282 g/mol. The monoisotopic (exact) mass is 282 g/mol. The van der Waals surface area contributed by atoms with Gasteiger partial charge in [-0.25, -0.2) is 4.79 Å². The van der Waals surface area contributed by atoms with E-state index in [0.717, 1.165) is 12.8 Å². The van der Waals surface area contributed by atoms with Crippen LogP contribution in [0.4, 0.5) is 4.79 Å². The molecule has 1 aromatic heterocycles. The Morgan fingerprint density at radius 2 is 2.20 bits per heavy atom. The number of amides is 2. The fourth-order valence-corrected chi connectivity index (χ4v) is 1.94. The molecular formula is C13H22N4O3. The lowest BCUT2D eigenvalue weighted by molar-refractivity contribution is 0.0936. The lowest BCUT2D eigenvalue weighted by atomic mass is 9.95. The molecule has 0 aromatic carbocycles. The van der Waals surface area contributed by atoms with E-state index in [4.69, 9.17) is 5.11 Å². The number of carbonyl (C=O) groups excluding carboxylic acids is 1. The number of nitrogens with one attached hydrogen (secondary N) is 2. The van der Waals surface area contributed by atoms with Gasteiger partial charge in [0.05, 0.1) is 17.3 Å². The molecule has 0 saturated carbocycles. The van der Waals surface area contributed by atoms with Gasteiger partial charge in [-0.05, 0) is 13.3 Å². The summed E-state index contributed by atoms with van der Waals surface area (Å²) in [6, 6.07) is 0. The minimum Gasteiger partial charge on any atom is -0.465 e. The second-order valence-electron chi connectivity index (χ2n) is 5.18. The molecule has 20 heavy (non-hydrogen) atoms. The predicted molar refractivity (Wildman–Crippen MR) is 74.6 cm³/mol. The number of carbonyl (C=O) groups is 2. The second-order valence-corrected chi connectivity index (χ2v) is 5.18. The van der Waals surface area contributed by atoms with Crippen LogP contribution in [0.25, 0.3) is 0 Å². The standard InChI is InChI=1S/C13H22N4O3/c1-4-5-6-13(2,16-12(19)20)9-14-11(18)10-7-15-17(3)8-10/h7-8,16H,4-6,9H2,1-3H3,(H,14,18)(H,19,20). The van der Waals surface area contributed by atoms with Gasteiger partial charge < -0.3 is 15.7 Å². The lowest BCUT2D eigenvalue weighted by Crippen LogP contribution is -2.53. The van der Waals surface area contributed by atoms with Crippen LogP contribution in [-0.4, -0.2) is 39.0 Å². The van der Waals surface area contributed by atoms with Crippen molar-refractivity contribution in [3.63, 3.8) is 0 Å². The van der Waals surface area contributed by atoms with E-state index in [1.165, 1.54) is 6.20 Å². The molecule has 0 spiro atoms. The Morgan fingerprint density at radius 1 is 1.50 bits per heavy atom. The quantitative estimate of drug-likeness (QED) is 0.703. The van der Waals surface area contributed by atoms with Crippen LogP contribution in [0.2, 0.25) is 0 Å². The van der Waals surface area contributed by atoms with Gasteiger partial charge in [0.1, 0.15) is 0 Å². The second kappa shape index (κ2) is 6.93. The van der Waals surface area contributed by atoms with E-state index in [1.54, 1.807) is 24.9 Å². The summed E-state index contributed by atoms with van der Waals surface area (Å²) in [5.74, 6) is -0.256. The van der Waals surface area contributed by atoms with Crippen LogP contribution in [0.1, 0.15) is 43.5 Å². The number of hydrogen-bond donors (Lipinski definition) is 3. The molecule has 0 saturated heterocycles. The van der Waals surface area contributed by atoms with E-state index in [9.17, 15) is 9.59 Å². The third-order valence-electron chi connectivity index (χ3n) is 3.10. The topological polar surface area (TPSA) is 96.3 Å². The number of aryl methyl sites for hydroxylation is 1. The zero-order chi connectivity index (χ0) is 15.2. The summed E-state index contributed by atoms with van der Waals surface area (Å²) in [6.45, 7) is 4.07. The summed E-state index contributed by atoms with van der Waals surface area (Å²) in [4.78, 5) is 22.8. The van der Waals surface area contributed by atoms with Crippen molar-refractivity contribution < 1.29 is 14.7 Å². The first kappa shape index (κ1) is 16.0. The molecule has 1 heterocycles. The molecule has 0 fully saturated rings. The van der Waals surface area contributed by atoms with Crippen molar-refractivity contribution in [3.8, 4) is 0 Å². The van der Waals surface area contributed by atoms with E-state index in [-0.39, 0.29) is 12.5 Å². The molecule has 7 heteroatoms. The van der Waals surface area contributed by atoms with Gasteiger partial charge in [-0.1, -0.05) is 19.8 Å². The van der Waals surface area contributed by atoms with Crippen LogP contribution >= 0.6 is 0 Å². The highest BCUT2D eigenvalue weighted by Gasteiger charge is 2.26. The Labute approximate surface area is 118 Å². The zero-order valence-electron chi connectivity index (χ0n) is 12.1. The van der Waals surface area contributed by atoms with Crippen molar-refractivity contribution in [1.29, 1.82) is 0 Å². The molecule has 1 rings (SSSR count). The number of carboxylic acid groups (broad SMARTS) is 1. The molecule has 0 bridgehead atoms. The first-order chi connectivity index (χ1) is 9.36. The number of hydrogen-bond acceptors (Lipinski definition) is 3. The van der Waals surface area contributed by atoms with Crippen LogP contribution in [0.3, 0.4) is 0 Å². The third-order valence-corrected chi connectivity index (χ3v) is 3.10. The van der Waals surface area contributed by atoms with E-state index in [0.29, 0.717) is 12.0 Å². The molecule has 3 N–H and O–H groups in total. The molecule has 0 radical (unpaired) electrons. The fourth-order valence-electron chi connectivity index (χ4n) is 1.94. The lowest BCUT2D eigenvalue weighted by Gasteiger charge is -2.29. The van der Waals surface area contributed by atoms with Gasteiger partial charge in [-0.2, -0.15) is 5.10 Å². The number of unbranched alkanes of at least 4 members (excludes halogenated alkanes) is 1. The Bertz CT molecular complexity index is 472. The summed E-state index contributed by atoms with van der Waals surface area (Å²) >= 11 is 0. The van der Waals surface area contributed by atoms with Gasteiger partial charge in [0.25, 0.3) is 5.91 Å². The van der Waals surface area contributed by atoms with Crippen LogP contribution in [0, 0.1) is 0 Å². The highest BCUT2D eigenvalue weighted by atomic mass is 16.4.